The molecular formula is C26H35N3O5S. The second-order valence-electron chi connectivity index (χ2n) is 8.84. The molecule has 2 amide bonds. The average Bonchev–Trinajstić information content (AvgIpc) is 3.34. The van der Waals surface area contributed by atoms with Crippen LogP contribution in [0.1, 0.15) is 45.1 Å². The second-order valence-corrected chi connectivity index (χ2v) is 10.8. The fraction of sp³-hybridized carbons (Fsp3) is 0.462. The van der Waals surface area contributed by atoms with Crippen molar-refractivity contribution in [1.29, 1.82) is 0 Å². The SMILES string of the molecule is CCOc1ccccc1N(CC(=O)N(Cc1ccccc1)C(C)C(=O)NC1CCCC1)S(C)(=O)=O. The molecule has 1 N–H and O–H groups in total. The number of hydrogen-bond acceptors (Lipinski definition) is 5. The standard InChI is InChI=1S/C26H35N3O5S/c1-4-34-24-17-11-10-16-23(24)29(35(3,32)33)19-25(30)28(18-21-12-6-5-7-13-21)20(2)26(31)27-22-14-8-9-15-22/h5-7,10-13,16-17,20,22H,4,8-9,14-15,18-19H2,1-3H3,(H,27,31). The molecule has 9 heteroatoms. The number of nitrogens with one attached hydrogen (secondary N) is 1. The van der Waals surface area contributed by atoms with Gasteiger partial charge in [0.1, 0.15) is 18.3 Å². The van der Waals surface area contributed by atoms with Crippen LogP contribution >= 0.6 is 0 Å². The summed E-state index contributed by atoms with van der Waals surface area (Å²) in [6, 6.07) is 15.4. The van der Waals surface area contributed by atoms with Crippen molar-refractivity contribution in [3.63, 3.8) is 0 Å². The average molecular weight is 502 g/mol. The van der Waals surface area contributed by atoms with Gasteiger partial charge in [-0.1, -0.05) is 55.3 Å². The lowest BCUT2D eigenvalue weighted by Crippen LogP contribution is -2.52. The van der Waals surface area contributed by atoms with Gasteiger partial charge in [-0.05, 0) is 44.4 Å². The number of anilines is 1. The van der Waals surface area contributed by atoms with Gasteiger partial charge < -0.3 is 15.0 Å². The molecule has 0 aromatic heterocycles. The molecule has 2 aromatic rings. The number of nitrogens with zero attached hydrogens (tertiary/aromatic N) is 2. The lowest BCUT2D eigenvalue weighted by molar-refractivity contribution is -0.139. The van der Waals surface area contributed by atoms with Crippen molar-refractivity contribution in [3.05, 3.63) is 60.2 Å². The molecule has 0 radical (unpaired) electrons. The first kappa shape index (κ1) is 26.5. The molecular weight excluding hydrogens is 466 g/mol. The van der Waals surface area contributed by atoms with Gasteiger partial charge in [-0.2, -0.15) is 0 Å². The third kappa shape index (κ3) is 7.21. The Balaban J connectivity index is 1.89. The van der Waals surface area contributed by atoms with E-state index in [-0.39, 0.29) is 24.2 Å². The third-order valence-electron chi connectivity index (χ3n) is 6.18. The van der Waals surface area contributed by atoms with E-state index in [1.54, 1.807) is 38.1 Å². The number of benzene rings is 2. The molecule has 1 aliphatic carbocycles. The van der Waals surface area contributed by atoms with Crippen molar-refractivity contribution in [3.8, 4) is 5.75 Å². The summed E-state index contributed by atoms with van der Waals surface area (Å²) in [5, 5.41) is 3.06. The highest BCUT2D eigenvalue weighted by Gasteiger charge is 2.32. The Morgan fingerprint density at radius 3 is 2.31 bits per heavy atom. The van der Waals surface area contributed by atoms with Gasteiger partial charge in [0.05, 0.1) is 18.6 Å². The van der Waals surface area contributed by atoms with E-state index in [4.69, 9.17) is 4.74 Å². The molecule has 1 saturated carbocycles. The van der Waals surface area contributed by atoms with Crippen molar-refractivity contribution in [2.45, 2.75) is 58.2 Å². The van der Waals surface area contributed by atoms with Gasteiger partial charge in [0.15, 0.2) is 0 Å². The summed E-state index contributed by atoms with van der Waals surface area (Å²) in [6.45, 7) is 3.57. The van der Waals surface area contributed by atoms with Crippen LogP contribution in [0.25, 0.3) is 0 Å². The van der Waals surface area contributed by atoms with Crippen LogP contribution in [0.5, 0.6) is 5.75 Å². The van der Waals surface area contributed by atoms with Gasteiger partial charge in [-0.3, -0.25) is 13.9 Å². The van der Waals surface area contributed by atoms with Crippen LogP contribution in [0.3, 0.4) is 0 Å². The number of rotatable bonds is 11. The molecule has 0 heterocycles. The van der Waals surface area contributed by atoms with E-state index in [2.05, 4.69) is 5.32 Å². The fourth-order valence-electron chi connectivity index (χ4n) is 4.29. The molecule has 1 aliphatic rings. The van der Waals surface area contributed by atoms with Gasteiger partial charge >= 0.3 is 0 Å². The van der Waals surface area contributed by atoms with Gasteiger partial charge in [0.25, 0.3) is 0 Å². The van der Waals surface area contributed by atoms with Crippen LogP contribution in [0.15, 0.2) is 54.6 Å². The molecule has 0 saturated heterocycles. The minimum absolute atomic E-state index is 0.115. The van der Waals surface area contributed by atoms with Crippen LogP contribution in [0, 0.1) is 0 Å². The van der Waals surface area contributed by atoms with Crippen molar-refractivity contribution in [2.24, 2.45) is 0 Å². The molecule has 8 nitrogen and oxygen atoms in total. The topological polar surface area (TPSA) is 96.0 Å². The zero-order valence-corrected chi connectivity index (χ0v) is 21.5. The summed E-state index contributed by atoms with van der Waals surface area (Å²) in [7, 11) is -3.82. The van der Waals surface area contributed by atoms with Crippen molar-refractivity contribution >= 4 is 27.5 Å². The number of ether oxygens (including phenoxy) is 1. The Labute approximate surface area is 208 Å². The maximum atomic E-state index is 13.6. The largest absolute Gasteiger partial charge is 0.492 e. The number of amides is 2. The summed E-state index contributed by atoms with van der Waals surface area (Å²) in [4.78, 5) is 28.1. The number of hydrogen-bond donors (Lipinski definition) is 1. The first-order valence-electron chi connectivity index (χ1n) is 12.0. The van der Waals surface area contributed by atoms with Crippen molar-refractivity contribution < 1.29 is 22.7 Å². The summed E-state index contributed by atoms with van der Waals surface area (Å²) in [6.07, 6.45) is 5.08. The molecule has 0 bridgehead atoms. The summed E-state index contributed by atoms with van der Waals surface area (Å²) in [5.74, 6) is -0.337. The lowest BCUT2D eigenvalue weighted by atomic mass is 10.1. The molecule has 35 heavy (non-hydrogen) atoms. The lowest BCUT2D eigenvalue weighted by Gasteiger charge is -2.32. The first-order valence-corrected chi connectivity index (χ1v) is 13.9. The highest BCUT2D eigenvalue weighted by molar-refractivity contribution is 7.92. The Bertz CT molecular complexity index is 1100. The number of para-hydroxylation sites is 2. The van der Waals surface area contributed by atoms with Crippen LogP contribution in [0.2, 0.25) is 0 Å². The number of sulfonamides is 1. The third-order valence-corrected chi connectivity index (χ3v) is 7.30. The van der Waals surface area contributed by atoms with E-state index < -0.39 is 28.5 Å². The molecule has 0 aliphatic heterocycles. The van der Waals surface area contributed by atoms with E-state index in [0.717, 1.165) is 41.8 Å². The van der Waals surface area contributed by atoms with Gasteiger partial charge in [-0.15, -0.1) is 0 Å². The summed E-state index contributed by atoms with van der Waals surface area (Å²) in [5.41, 5.74) is 1.13. The van der Waals surface area contributed by atoms with Crippen LogP contribution < -0.4 is 14.4 Å². The molecule has 1 unspecified atom stereocenters. The minimum Gasteiger partial charge on any atom is -0.492 e. The smallest absolute Gasteiger partial charge is 0.244 e. The van der Waals surface area contributed by atoms with E-state index >= 15 is 0 Å². The van der Waals surface area contributed by atoms with E-state index in [9.17, 15) is 18.0 Å². The highest BCUT2D eigenvalue weighted by Crippen LogP contribution is 2.30. The Hall–Kier alpha value is -3.07. The molecule has 2 aromatic carbocycles. The molecule has 1 fully saturated rings. The Morgan fingerprint density at radius 1 is 1.06 bits per heavy atom. The van der Waals surface area contributed by atoms with Crippen LogP contribution in [-0.4, -0.2) is 56.6 Å². The summed E-state index contributed by atoms with van der Waals surface area (Å²) >= 11 is 0. The maximum absolute atomic E-state index is 13.6. The summed E-state index contributed by atoms with van der Waals surface area (Å²) < 4.78 is 32.2. The zero-order chi connectivity index (χ0) is 25.4. The van der Waals surface area contributed by atoms with Gasteiger partial charge in [0.2, 0.25) is 21.8 Å². The zero-order valence-electron chi connectivity index (χ0n) is 20.6. The predicted molar refractivity (Wildman–Crippen MR) is 137 cm³/mol. The highest BCUT2D eigenvalue weighted by atomic mass is 32.2. The van der Waals surface area contributed by atoms with Gasteiger partial charge in [-0.25, -0.2) is 8.42 Å². The predicted octanol–water partition coefficient (Wildman–Crippen LogP) is 3.33. The normalized spacial score (nSPS) is 14.8. The van der Waals surface area contributed by atoms with Crippen molar-refractivity contribution in [1.82, 2.24) is 10.2 Å². The minimum atomic E-state index is -3.82. The van der Waals surface area contributed by atoms with Crippen LogP contribution in [-0.2, 0) is 26.2 Å². The van der Waals surface area contributed by atoms with E-state index in [1.165, 1.54) is 4.90 Å². The Morgan fingerprint density at radius 2 is 1.69 bits per heavy atom. The van der Waals surface area contributed by atoms with Crippen molar-refractivity contribution in [2.75, 3.05) is 23.7 Å². The Kier molecular flexibility index (Phi) is 9.14. The first-order chi connectivity index (χ1) is 16.7. The molecule has 190 valence electrons. The quantitative estimate of drug-likeness (QED) is 0.510. The van der Waals surface area contributed by atoms with E-state index in [0.29, 0.717) is 12.4 Å². The molecule has 3 rings (SSSR count). The molecule has 1 atom stereocenters. The number of carbonyl (C=O) groups is 2. The van der Waals surface area contributed by atoms with Crippen LogP contribution in [0.4, 0.5) is 5.69 Å². The van der Waals surface area contributed by atoms with E-state index in [1.807, 2.05) is 30.3 Å². The molecule has 0 spiro atoms. The van der Waals surface area contributed by atoms with Gasteiger partial charge in [0, 0.05) is 12.6 Å². The fourth-order valence-corrected chi connectivity index (χ4v) is 5.14. The number of carbonyl (C=O) groups excluding carboxylic acids is 2. The second kappa shape index (κ2) is 12.1. The maximum Gasteiger partial charge on any atom is 0.244 e. The monoisotopic (exact) mass is 501 g/mol.